The van der Waals surface area contributed by atoms with Gasteiger partial charge in [0.1, 0.15) is 0 Å². The number of nitrogens with zero attached hydrogens (tertiary/aromatic N) is 1. The SMILES string of the molecule is CC(=O)Nc1cccc(CN2C(=O)[C@@]3(O[C@@H](CCO)[C@H]([Si](C)(C)O)[C@H]3C)c3ccccc32)c1. The number of aliphatic hydroxyl groups is 1. The summed E-state index contributed by atoms with van der Waals surface area (Å²) in [6, 6.07) is 15.1. The predicted octanol–water partition coefficient (Wildman–Crippen LogP) is 3.37. The van der Waals surface area contributed by atoms with Gasteiger partial charge in [0.2, 0.25) is 5.91 Å². The molecule has 0 unspecified atom stereocenters. The number of carbonyl (C=O) groups is 2. The van der Waals surface area contributed by atoms with E-state index in [1.54, 1.807) is 4.90 Å². The first-order valence-electron chi connectivity index (χ1n) is 11.4. The Bertz CT molecular complexity index is 1070. The lowest BCUT2D eigenvalue weighted by Crippen LogP contribution is -2.46. The Morgan fingerprint density at radius 2 is 1.94 bits per heavy atom. The molecule has 8 heteroatoms. The molecule has 33 heavy (non-hydrogen) atoms. The van der Waals surface area contributed by atoms with Gasteiger partial charge in [0, 0.05) is 36.2 Å². The average Bonchev–Trinajstić information content (AvgIpc) is 3.16. The number of benzene rings is 2. The van der Waals surface area contributed by atoms with Crippen molar-refractivity contribution in [2.75, 3.05) is 16.8 Å². The van der Waals surface area contributed by atoms with Crippen LogP contribution in [0.15, 0.2) is 48.5 Å². The molecule has 0 radical (unpaired) electrons. The first kappa shape index (κ1) is 23.6. The Morgan fingerprint density at radius 3 is 2.61 bits per heavy atom. The Morgan fingerprint density at radius 1 is 1.21 bits per heavy atom. The maximum Gasteiger partial charge on any atom is 0.264 e. The maximum atomic E-state index is 14.1. The summed E-state index contributed by atoms with van der Waals surface area (Å²) in [5.41, 5.74) is 1.78. The van der Waals surface area contributed by atoms with E-state index in [1.165, 1.54) is 6.92 Å². The number of amides is 2. The van der Waals surface area contributed by atoms with Crippen molar-refractivity contribution in [3.8, 4) is 0 Å². The average molecular weight is 469 g/mol. The van der Waals surface area contributed by atoms with Crippen LogP contribution < -0.4 is 10.2 Å². The second kappa shape index (κ2) is 8.68. The highest BCUT2D eigenvalue weighted by Gasteiger charge is 2.65. The van der Waals surface area contributed by atoms with E-state index >= 15 is 0 Å². The van der Waals surface area contributed by atoms with Gasteiger partial charge in [-0.2, -0.15) is 0 Å². The summed E-state index contributed by atoms with van der Waals surface area (Å²) >= 11 is 0. The number of carbonyl (C=O) groups excluding carboxylic acids is 2. The lowest BCUT2D eigenvalue weighted by molar-refractivity contribution is -0.146. The summed E-state index contributed by atoms with van der Waals surface area (Å²) < 4.78 is 6.55. The summed E-state index contributed by atoms with van der Waals surface area (Å²) in [6.07, 6.45) is -0.0150. The third-order valence-corrected chi connectivity index (χ3v) is 9.40. The van der Waals surface area contributed by atoms with Gasteiger partial charge in [-0.1, -0.05) is 37.3 Å². The van der Waals surface area contributed by atoms with Gasteiger partial charge >= 0.3 is 0 Å². The summed E-state index contributed by atoms with van der Waals surface area (Å²) in [7, 11) is -2.70. The highest BCUT2D eigenvalue weighted by Crippen LogP contribution is 2.59. The van der Waals surface area contributed by atoms with E-state index in [2.05, 4.69) is 5.32 Å². The lowest BCUT2D eigenvalue weighted by Gasteiger charge is -2.32. The Balaban J connectivity index is 1.75. The number of anilines is 2. The maximum absolute atomic E-state index is 14.1. The van der Waals surface area contributed by atoms with Crippen molar-refractivity contribution in [1.82, 2.24) is 0 Å². The highest BCUT2D eigenvalue weighted by atomic mass is 28.4. The van der Waals surface area contributed by atoms with Crippen molar-refractivity contribution in [3.63, 3.8) is 0 Å². The van der Waals surface area contributed by atoms with Crippen LogP contribution >= 0.6 is 0 Å². The highest BCUT2D eigenvalue weighted by molar-refractivity contribution is 6.71. The van der Waals surface area contributed by atoms with Crippen LogP contribution in [0.25, 0.3) is 0 Å². The number of ether oxygens (including phenoxy) is 1. The van der Waals surface area contributed by atoms with Crippen molar-refractivity contribution < 1.29 is 24.2 Å². The topological polar surface area (TPSA) is 99.1 Å². The number of hydrogen-bond acceptors (Lipinski definition) is 5. The molecule has 1 spiro atoms. The van der Waals surface area contributed by atoms with E-state index in [-0.39, 0.29) is 29.9 Å². The molecule has 3 N–H and O–H groups in total. The minimum absolute atomic E-state index is 0.0655. The lowest BCUT2D eigenvalue weighted by atomic mass is 9.82. The van der Waals surface area contributed by atoms with Crippen molar-refractivity contribution in [2.24, 2.45) is 5.92 Å². The zero-order chi connectivity index (χ0) is 24.0. The molecule has 0 bridgehead atoms. The Hall–Kier alpha value is -2.52. The fourth-order valence-electron chi connectivity index (χ4n) is 5.72. The third-order valence-electron chi connectivity index (χ3n) is 6.89. The van der Waals surface area contributed by atoms with E-state index in [1.807, 2.05) is 68.5 Å². The molecule has 4 rings (SSSR count). The quantitative estimate of drug-likeness (QED) is 0.565. The van der Waals surface area contributed by atoms with Gasteiger partial charge in [0.15, 0.2) is 13.9 Å². The fraction of sp³-hybridized carbons (Fsp3) is 0.440. The summed E-state index contributed by atoms with van der Waals surface area (Å²) in [5, 5.41) is 12.4. The van der Waals surface area contributed by atoms with Crippen molar-refractivity contribution in [1.29, 1.82) is 0 Å². The van der Waals surface area contributed by atoms with E-state index < -0.39 is 20.0 Å². The van der Waals surface area contributed by atoms with Crippen LogP contribution in [0.5, 0.6) is 0 Å². The monoisotopic (exact) mass is 468 g/mol. The summed E-state index contributed by atoms with van der Waals surface area (Å²) in [6.45, 7) is 7.46. The molecule has 1 fully saturated rings. The van der Waals surface area contributed by atoms with Crippen LogP contribution in [0.3, 0.4) is 0 Å². The summed E-state index contributed by atoms with van der Waals surface area (Å²) in [5.74, 6) is -0.548. The van der Waals surface area contributed by atoms with Gasteiger partial charge < -0.3 is 24.9 Å². The minimum Gasteiger partial charge on any atom is -0.432 e. The first-order chi connectivity index (χ1) is 15.6. The molecule has 4 atom stereocenters. The normalized spacial score (nSPS) is 26.7. The van der Waals surface area contributed by atoms with Gasteiger partial charge in [-0.05, 0) is 43.3 Å². The van der Waals surface area contributed by atoms with Crippen LogP contribution in [0.2, 0.25) is 18.6 Å². The number of para-hydroxylation sites is 1. The molecule has 176 valence electrons. The molecule has 7 nitrogen and oxygen atoms in total. The molecule has 0 aliphatic carbocycles. The van der Waals surface area contributed by atoms with Crippen LogP contribution in [0, 0.1) is 5.92 Å². The van der Waals surface area contributed by atoms with Crippen LogP contribution in [0.1, 0.15) is 31.4 Å². The number of hydrogen-bond donors (Lipinski definition) is 3. The van der Waals surface area contributed by atoms with Gasteiger partial charge in [-0.3, -0.25) is 9.59 Å². The Labute approximate surface area is 195 Å². The van der Waals surface area contributed by atoms with Crippen LogP contribution in [-0.2, 0) is 26.5 Å². The smallest absolute Gasteiger partial charge is 0.264 e. The second-order valence-corrected chi connectivity index (χ2v) is 13.6. The van der Waals surface area contributed by atoms with Crippen molar-refractivity contribution in [3.05, 3.63) is 59.7 Å². The van der Waals surface area contributed by atoms with E-state index in [0.717, 1.165) is 16.8 Å². The van der Waals surface area contributed by atoms with Gasteiger partial charge in [-0.25, -0.2) is 0 Å². The third kappa shape index (κ3) is 4.01. The van der Waals surface area contributed by atoms with E-state index in [9.17, 15) is 19.5 Å². The first-order valence-corrected chi connectivity index (χ1v) is 14.4. The molecule has 2 heterocycles. The summed E-state index contributed by atoms with van der Waals surface area (Å²) in [4.78, 5) is 38.4. The molecule has 2 aliphatic heterocycles. The van der Waals surface area contributed by atoms with Crippen LogP contribution in [0.4, 0.5) is 11.4 Å². The zero-order valence-corrected chi connectivity index (χ0v) is 20.5. The molecule has 1 saturated heterocycles. The molecule has 2 aliphatic rings. The minimum atomic E-state index is -2.70. The predicted molar refractivity (Wildman–Crippen MR) is 129 cm³/mol. The Kier molecular flexibility index (Phi) is 6.22. The van der Waals surface area contributed by atoms with Crippen molar-refractivity contribution >= 4 is 31.5 Å². The molecule has 2 amide bonds. The van der Waals surface area contributed by atoms with Gasteiger partial charge in [0.25, 0.3) is 5.91 Å². The largest absolute Gasteiger partial charge is 0.432 e. The molecule has 2 aromatic rings. The van der Waals surface area contributed by atoms with Crippen molar-refractivity contribution in [2.45, 2.75) is 57.2 Å². The molecule has 0 aromatic heterocycles. The van der Waals surface area contributed by atoms with E-state index in [0.29, 0.717) is 18.7 Å². The number of nitrogens with one attached hydrogen (secondary N) is 1. The molecular formula is C25H32N2O5Si. The fourth-order valence-corrected chi connectivity index (χ4v) is 8.32. The van der Waals surface area contributed by atoms with E-state index in [4.69, 9.17) is 4.74 Å². The van der Waals surface area contributed by atoms with Crippen LogP contribution in [-0.4, -0.2) is 42.7 Å². The zero-order valence-electron chi connectivity index (χ0n) is 19.5. The number of fused-ring (bicyclic) bond motifs is 2. The number of aliphatic hydroxyl groups excluding tert-OH is 1. The molecular weight excluding hydrogens is 436 g/mol. The second-order valence-electron chi connectivity index (χ2n) is 9.66. The number of rotatable bonds is 6. The standard InChI is InChI=1S/C25H32N2O5Si/c1-16-23(33(3,4)31)22(12-13-28)32-25(16)20-10-5-6-11-21(20)27(24(25)30)15-18-8-7-9-19(14-18)26-17(2)29/h5-11,14,16,22-23,28,31H,12-13,15H2,1-4H3,(H,26,29)/t16-,22+,23-,25+/m1/s1. The molecule has 2 aromatic carbocycles. The molecule has 0 saturated carbocycles. The van der Waals surface area contributed by atoms with Gasteiger partial charge in [-0.15, -0.1) is 0 Å². The van der Waals surface area contributed by atoms with Gasteiger partial charge in [0.05, 0.1) is 18.3 Å².